The maximum absolute atomic E-state index is 12.0. The van der Waals surface area contributed by atoms with Gasteiger partial charge in [0, 0.05) is 24.2 Å². The summed E-state index contributed by atoms with van der Waals surface area (Å²) >= 11 is 2.98. The fourth-order valence-electron chi connectivity index (χ4n) is 1.93. The summed E-state index contributed by atoms with van der Waals surface area (Å²) in [6, 6.07) is 0. The number of fused-ring (bicyclic) bond motifs is 1. The van der Waals surface area contributed by atoms with Gasteiger partial charge in [0.2, 0.25) is 11.0 Å². The summed E-state index contributed by atoms with van der Waals surface area (Å²) in [6.07, 6.45) is 4.92. The summed E-state index contributed by atoms with van der Waals surface area (Å²) in [4.78, 5) is 17.3. The molecule has 1 N–H and O–H groups in total. The molecule has 21 heavy (non-hydrogen) atoms. The molecule has 0 aliphatic carbocycles. The average Bonchev–Trinajstić information content (AvgIpc) is 3.04. The molecule has 0 unspecified atom stereocenters. The van der Waals surface area contributed by atoms with E-state index in [9.17, 15) is 4.79 Å². The van der Waals surface area contributed by atoms with E-state index in [-0.39, 0.29) is 12.3 Å². The van der Waals surface area contributed by atoms with Crippen LogP contribution in [0.25, 0.3) is 4.96 Å². The van der Waals surface area contributed by atoms with Crippen molar-refractivity contribution in [2.24, 2.45) is 5.92 Å². The number of rotatable bonds is 5. The summed E-state index contributed by atoms with van der Waals surface area (Å²) in [5.41, 5.74) is 0.756. The van der Waals surface area contributed by atoms with Crippen LogP contribution in [0, 0.1) is 5.92 Å². The number of nitrogens with zero attached hydrogens (tertiary/aromatic N) is 4. The van der Waals surface area contributed by atoms with Crippen LogP contribution in [0.1, 0.15) is 24.5 Å². The molecule has 110 valence electrons. The number of carbonyl (C=O) groups is 1. The van der Waals surface area contributed by atoms with Gasteiger partial charge in [0.05, 0.1) is 12.1 Å². The summed E-state index contributed by atoms with van der Waals surface area (Å²) < 4.78 is 1.92. The Morgan fingerprint density at radius 3 is 3.05 bits per heavy atom. The van der Waals surface area contributed by atoms with E-state index in [1.807, 2.05) is 22.2 Å². The first kappa shape index (κ1) is 14.2. The minimum atomic E-state index is -0.118. The topological polar surface area (TPSA) is 72.2 Å². The van der Waals surface area contributed by atoms with Gasteiger partial charge in [-0.1, -0.05) is 25.2 Å². The van der Waals surface area contributed by atoms with Gasteiger partial charge in [-0.3, -0.25) is 9.20 Å². The number of aromatic nitrogens is 4. The molecule has 0 spiro atoms. The molecule has 0 aliphatic heterocycles. The second kappa shape index (κ2) is 5.90. The van der Waals surface area contributed by atoms with Gasteiger partial charge >= 0.3 is 0 Å². The Balaban J connectivity index is 1.60. The van der Waals surface area contributed by atoms with E-state index in [1.165, 1.54) is 11.3 Å². The standard InChI is InChI=1S/C13H15N5OS2/c1-8(2)5-11-16-17-12(21-11)15-10(19)6-9-7-18-3-4-20-13(18)14-9/h3-4,7-8H,5-6H2,1-2H3,(H,15,17,19). The monoisotopic (exact) mass is 321 g/mol. The number of hydrogen-bond donors (Lipinski definition) is 1. The highest BCUT2D eigenvalue weighted by Crippen LogP contribution is 2.18. The minimum absolute atomic E-state index is 0.118. The zero-order chi connectivity index (χ0) is 14.8. The van der Waals surface area contributed by atoms with E-state index >= 15 is 0 Å². The highest BCUT2D eigenvalue weighted by molar-refractivity contribution is 7.15. The molecule has 0 aromatic carbocycles. The minimum Gasteiger partial charge on any atom is -0.300 e. The van der Waals surface area contributed by atoms with E-state index in [0.29, 0.717) is 11.0 Å². The van der Waals surface area contributed by atoms with Crippen LogP contribution in [0.15, 0.2) is 17.8 Å². The number of thiazole rings is 1. The number of imidazole rings is 1. The molecule has 3 aromatic heterocycles. The van der Waals surface area contributed by atoms with E-state index in [0.717, 1.165) is 22.1 Å². The maximum Gasteiger partial charge on any atom is 0.232 e. The number of carbonyl (C=O) groups excluding carboxylic acids is 1. The van der Waals surface area contributed by atoms with Gasteiger partial charge in [-0.05, 0) is 5.92 Å². The lowest BCUT2D eigenvalue weighted by Crippen LogP contribution is -2.14. The Morgan fingerprint density at radius 2 is 2.29 bits per heavy atom. The predicted octanol–water partition coefficient (Wildman–Crippen LogP) is 2.63. The summed E-state index contributed by atoms with van der Waals surface area (Å²) in [7, 11) is 0. The van der Waals surface area contributed by atoms with Crippen LogP contribution in [0.3, 0.4) is 0 Å². The molecule has 8 heteroatoms. The Bertz CT molecular complexity index is 729. The van der Waals surface area contributed by atoms with Crippen LogP contribution in [0.4, 0.5) is 5.13 Å². The number of hydrogen-bond acceptors (Lipinski definition) is 6. The molecule has 0 fully saturated rings. The summed E-state index contributed by atoms with van der Waals surface area (Å²) in [5.74, 6) is 0.410. The second-order valence-corrected chi connectivity index (χ2v) is 7.08. The smallest absolute Gasteiger partial charge is 0.232 e. The molecule has 3 rings (SSSR count). The van der Waals surface area contributed by atoms with Gasteiger partial charge in [-0.25, -0.2) is 4.98 Å². The highest BCUT2D eigenvalue weighted by atomic mass is 32.1. The van der Waals surface area contributed by atoms with Crippen LogP contribution in [0.2, 0.25) is 0 Å². The molecule has 0 atom stereocenters. The van der Waals surface area contributed by atoms with E-state index in [1.54, 1.807) is 11.3 Å². The fourth-order valence-corrected chi connectivity index (χ4v) is 3.61. The Labute approximate surface area is 129 Å². The third-order valence-corrected chi connectivity index (χ3v) is 4.41. The zero-order valence-electron chi connectivity index (χ0n) is 11.7. The lowest BCUT2D eigenvalue weighted by Gasteiger charge is -1.98. The lowest BCUT2D eigenvalue weighted by molar-refractivity contribution is -0.115. The lowest BCUT2D eigenvalue weighted by atomic mass is 10.1. The highest BCUT2D eigenvalue weighted by Gasteiger charge is 2.12. The van der Waals surface area contributed by atoms with Gasteiger partial charge in [0.15, 0.2) is 4.96 Å². The van der Waals surface area contributed by atoms with Crippen LogP contribution >= 0.6 is 22.7 Å². The van der Waals surface area contributed by atoms with Crippen molar-refractivity contribution in [3.8, 4) is 0 Å². The first-order valence-electron chi connectivity index (χ1n) is 6.63. The molecule has 0 bridgehead atoms. The van der Waals surface area contributed by atoms with Crippen molar-refractivity contribution < 1.29 is 4.79 Å². The molecule has 0 aliphatic rings. The van der Waals surface area contributed by atoms with Crippen molar-refractivity contribution >= 4 is 38.7 Å². The zero-order valence-corrected chi connectivity index (χ0v) is 13.4. The molecular formula is C13H15N5OS2. The molecule has 6 nitrogen and oxygen atoms in total. The normalized spacial score (nSPS) is 11.4. The second-order valence-electron chi connectivity index (χ2n) is 5.15. The van der Waals surface area contributed by atoms with Crippen molar-refractivity contribution in [1.82, 2.24) is 19.6 Å². The van der Waals surface area contributed by atoms with Gasteiger partial charge < -0.3 is 5.32 Å². The fraction of sp³-hybridized carbons (Fsp3) is 0.385. The van der Waals surface area contributed by atoms with Gasteiger partial charge in [0.1, 0.15) is 5.01 Å². The van der Waals surface area contributed by atoms with E-state index in [4.69, 9.17) is 0 Å². The average molecular weight is 321 g/mol. The predicted molar refractivity (Wildman–Crippen MR) is 83.9 cm³/mol. The largest absolute Gasteiger partial charge is 0.300 e. The van der Waals surface area contributed by atoms with Crippen LogP contribution in [-0.2, 0) is 17.6 Å². The van der Waals surface area contributed by atoms with Crippen LogP contribution < -0.4 is 5.32 Å². The molecule has 1 amide bonds. The summed E-state index contributed by atoms with van der Waals surface area (Å²) in [6.45, 7) is 4.26. The number of amides is 1. The van der Waals surface area contributed by atoms with Gasteiger partial charge in [-0.2, -0.15) is 0 Å². The van der Waals surface area contributed by atoms with Crippen molar-refractivity contribution in [2.45, 2.75) is 26.7 Å². The molecule has 0 radical (unpaired) electrons. The molecule has 3 aromatic rings. The molecule has 0 saturated heterocycles. The Morgan fingerprint density at radius 1 is 1.43 bits per heavy atom. The molecule has 3 heterocycles. The third-order valence-electron chi connectivity index (χ3n) is 2.78. The molecule has 0 saturated carbocycles. The van der Waals surface area contributed by atoms with Gasteiger partial charge in [0.25, 0.3) is 0 Å². The van der Waals surface area contributed by atoms with E-state index in [2.05, 4.69) is 34.3 Å². The Kier molecular flexibility index (Phi) is 3.98. The number of nitrogens with one attached hydrogen (secondary N) is 1. The summed E-state index contributed by atoms with van der Waals surface area (Å²) in [5, 5.41) is 14.3. The quantitative estimate of drug-likeness (QED) is 0.784. The van der Waals surface area contributed by atoms with Crippen molar-refractivity contribution in [3.63, 3.8) is 0 Å². The number of anilines is 1. The van der Waals surface area contributed by atoms with Crippen LogP contribution in [0.5, 0.6) is 0 Å². The third kappa shape index (κ3) is 3.45. The SMILES string of the molecule is CC(C)Cc1nnc(NC(=O)Cc2cn3ccsc3n2)s1. The molecular weight excluding hydrogens is 306 g/mol. The maximum atomic E-state index is 12.0. The van der Waals surface area contributed by atoms with Crippen molar-refractivity contribution in [2.75, 3.05) is 5.32 Å². The first-order valence-corrected chi connectivity index (χ1v) is 8.33. The first-order chi connectivity index (χ1) is 10.1. The van der Waals surface area contributed by atoms with E-state index < -0.39 is 0 Å². The van der Waals surface area contributed by atoms with Crippen molar-refractivity contribution in [1.29, 1.82) is 0 Å². The Hall–Kier alpha value is -1.80. The van der Waals surface area contributed by atoms with Crippen LogP contribution in [-0.4, -0.2) is 25.5 Å². The van der Waals surface area contributed by atoms with Gasteiger partial charge in [-0.15, -0.1) is 21.5 Å². The van der Waals surface area contributed by atoms with Crippen molar-refractivity contribution in [3.05, 3.63) is 28.5 Å².